The predicted molar refractivity (Wildman–Crippen MR) is 96.9 cm³/mol. The molecule has 2 aromatic carbocycles. The van der Waals surface area contributed by atoms with Crippen LogP contribution >= 0.6 is 0 Å². The van der Waals surface area contributed by atoms with E-state index < -0.39 is 0 Å². The van der Waals surface area contributed by atoms with E-state index in [2.05, 4.69) is 13.0 Å². The van der Waals surface area contributed by atoms with Gasteiger partial charge in [-0.15, -0.1) is 0 Å². The second kappa shape index (κ2) is 9.56. The molecule has 24 heavy (non-hydrogen) atoms. The fourth-order valence-electron chi connectivity index (χ4n) is 2.41. The van der Waals surface area contributed by atoms with Crippen LogP contribution in [0.4, 0.5) is 0 Å². The third kappa shape index (κ3) is 5.58. The van der Waals surface area contributed by atoms with Crippen LogP contribution in [0, 0.1) is 0 Å². The van der Waals surface area contributed by atoms with Crippen LogP contribution in [0.2, 0.25) is 0 Å². The molecule has 0 aliphatic rings. The Kier molecular flexibility index (Phi) is 7.09. The van der Waals surface area contributed by atoms with Gasteiger partial charge in [0, 0.05) is 6.08 Å². The van der Waals surface area contributed by atoms with Crippen molar-refractivity contribution in [3.05, 3.63) is 71.3 Å². The highest BCUT2D eigenvalue weighted by Gasteiger charge is 2.04. The Morgan fingerprint density at radius 2 is 1.88 bits per heavy atom. The van der Waals surface area contributed by atoms with Crippen LogP contribution in [0.3, 0.4) is 0 Å². The quantitative estimate of drug-likeness (QED) is 0.517. The first-order chi connectivity index (χ1) is 11.7. The molecule has 0 atom stereocenters. The predicted octanol–water partition coefficient (Wildman–Crippen LogP) is 4.79. The average molecular weight is 324 g/mol. The van der Waals surface area contributed by atoms with Gasteiger partial charge in [-0.3, -0.25) is 0 Å². The molecule has 2 aromatic rings. The van der Waals surface area contributed by atoms with E-state index in [1.807, 2.05) is 48.5 Å². The van der Waals surface area contributed by atoms with Crippen LogP contribution in [0.25, 0.3) is 6.08 Å². The Hall–Kier alpha value is -2.55. The molecule has 0 fully saturated rings. The third-order valence-electron chi connectivity index (χ3n) is 3.57. The number of benzene rings is 2. The SMILES string of the molecule is CCCc1cc(OCc2ccccc2)ccc1C=CC(=O)OCC. The van der Waals surface area contributed by atoms with E-state index >= 15 is 0 Å². The summed E-state index contributed by atoms with van der Waals surface area (Å²) < 4.78 is 10.8. The van der Waals surface area contributed by atoms with Gasteiger partial charge >= 0.3 is 5.97 Å². The summed E-state index contributed by atoms with van der Waals surface area (Å²) in [6.07, 6.45) is 5.25. The van der Waals surface area contributed by atoms with Gasteiger partial charge in [0.25, 0.3) is 0 Å². The molecular weight excluding hydrogens is 300 g/mol. The van der Waals surface area contributed by atoms with E-state index in [0.29, 0.717) is 13.2 Å². The van der Waals surface area contributed by atoms with E-state index in [0.717, 1.165) is 29.7 Å². The second-order valence-corrected chi connectivity index (χ2v) is 5.47. The standard InChI is InChI=1S/C21H24O3/c1-3-8-19-15-20(24-16-17-9-6-5-7-10-17)13-11-18(19)12-14-21(22)23-4-2/h5-7,9-15H,3-4,8,16H2,1-2H3. The molecule has 0 heterocycles. The average Bonchev–Trinajstić information content (AvgIpc) is 2.60. The number of aryl methyl sites for hydroxylation is 1. The summed E-state index contributed by atoms with van der Waals surface area (Å²) in [4.78, 5) is 11.5. The van der Waals surface area contributed by atoms with Crippen LogP contribution in [-0.2, 0) is 22.6 Å². The molecule has 126 valence electrons. The van der Waals surface area contributed by atoms with Crippen LogP contribution < -0.4 is 4.74 Å². The maximum atomic E-state index is 11.5. The van der Waals surface area contributed by atoms with Crippen molar-refractivity contribution in [1.82, 2.24) is 0 Å². The first-order valence-electron chi connectivity index (χ1n) is 8.37. The summed E-state index contributed by atoms with van der Waals surface area (Å²) in [5, 5.41) is 0. The summed E-state index contributed by atoms with van der Waals surface area (Å²) in [5.41, 5.74) is 3.33. The highest BCUT2D eigenvalue weighted by molar-refractivity contribution is 5.87. The minimum Gasteiger partial charge on any atom is -0.489 e. The number of hydrogen-bond donors (Lipinski definition) is 0. The molecule has 0 aliphatic carbocycles. The van der Waals surface area contributed by atoms with Crippen molar-refractivity contribution >= 4 is 12.0 Å². The molecule has 3 heteroatoms. The van der Waals surface area contributed by atoms with Crippen LogP contribution in [-0.4, -0.2) is 12.6 Å². The van der Waals surface area contributed by atoms with Crippen LogP contribution in [0.1, 0.15) is 37.0 Å². The maximum Gasteiger partial charge on any atom is 0.330 e. The lowest BCUT2D eigenvalue weighted by Crippen LogP contribution is -1.99. The Balaban J connectivity index is 2.09. The molecular formula is C21H24O3. The molecule has 0 spiro atoms. The first-order valence-corrected chi connectivity index (χ1v) is 8.37. The highest BCUT2D eigenvalue weighted by Crippen LogP contribution is 2.21. The second-order valence-electron chi connectivity index (χ2n) is 5.47. The van der Waals surface area contributed by atoms with E-state index in [1.165, 1.54) is 11.6 Å². The number of carbonyl (C=O) groups is 1. The van der Waals surface area contributed by atoms with E-state index in [9.17, 15) is 4.79 Å². The zero-order valence-corrected chi connectivity index (χ0v) is 14.3. The third-order valence-corrected chi connectivity index (χ3v) is 3.57. The topological polar surface area (TPSA) is 35.5 Å². The lowest BCUT2D eigenvalue weighted by molar-refractivity contribution is -0.137. The van der Waals surface area contributed by atoms with Crippen LogP contribution in [0.5, 0.6) is 5.75 Å². The number of rotatable bonds is 8. The fraction of sp³-hybridized carbons (Fsp3) is 0.286. The monoisotopic (exact) mass is 324 g/mol. The minimum absolute atomic E-state index is 0.315. The smallest absolute Gasteiger partial charge is 0.330 e. The molecule has 2 rings (SSSR count). The molecule has 0 bridgehead atoms. The van der Waals surface area contributed by atoms with Crippen molar-refractivity contribution in [3.63, 3.8) is 0 Å². The Morgan fingerprint density at radius 3 is 2.58 bits per heavy atom. The van der Waals surface area contributed by atoms with Gasteiger partial charge in [0.05, 0.1) is 6.61 Å². The lowest BCUT2D eigenvalue weighted by atomic mass is 10.0. The zero-order chi connectivity index (χ0) is 17.2. The largest absolute Gasteiger partial charge is 0.489 e. The molecule has 0 radical (unpaired) electrons. The summed E-state index contributed by atoms with van der Waals surface area (Å²) in [6.45, 7) is 4.87. The van der Waals surface area contributed by atoms with Gasteiger partial charge in [-0.1, -0.05) is 49.7 Å². The summed E-state index contributed by atoms with van der Waals surface area (Å²) >= 11 is 0. The lowest BCUT2D eigenvalue weighted by Gasteiger charge is -2.10. The molecule has 0 aliphatic heterocycles. The van der Waals surface area contributed by atoms with Gasteiger partial charge in [0.2, 0.25) is 0 Å². The van der Waals surface area contributed by atoms with Crippen molar-refractivity contribution in [2.75, 3.05) is 6.61 Å². The molecule has 0 unspecified atom stereocenters. The van der Waals surface area contributed by atoms with Crippen molar-refractivity contribution in [3.8, 4) is 5.75 Å². The first kappa shape index (κ1) is 17.8. The Morgan fingerprint density at radius 1 is 1.08 bits per heavy atom. The number of hydrogen-bond acceptors (Lipinski definition) is 3. The van der Waals surface area contributed by atoms with Crippen molar-refractivity contribution in [2.24, 2.45) is 0 Å². The van der Waals surface area contributed by atoms with Gasteiger partial charge in [-0.25, -0.2) is 4.79 Å². The van der Waals surface area contributed by atoms with Crippen molar-refractivity contribution < 1.29 is 14.3 Å². The molecule has 3 nitrogen and oxygen atoms in total. The van der Waals surface area contributed by atoms with E-state index in [4.69, 9.17) is 9.47 Å². The van der Waals surface area contributed by atoms with Crippen molar-refractivity contribution in [2.45, 2.75) is 33.3 Å². The number of esters is 1. The highest BCUT2D eigenvalue weighted by atomic mass is 16.5. The van der Waals surface area contributed by atoms with Gasteiger partial charge in [-0.05, 0) is 48.2 Å². The van der Waals surface area contributed by atoms with Gasteiger partial charge in [-0.2, -0.15) is 0 Å². The zero-order valence-electron chi connectivity index (χ0n) is 14.3. The summed E-state index contributed by atoms with van der Waals surface area (Å²) in [6, 6.07) is 16.1. The fourth-order valence-corrected chi connectivity index (χ4v) is 2.41. The minimum atomic E-state index is -0.315. The van der Waals surface area contributed by atoms with Gasteiger partial charge in [0.15, 0.2) is 0 Å². The number of ether oxygens (including phenoxy) is 2. The summed E-state index contributed by atoms with van der Waals surface area (Å²) in [7, 11) is 0. The molecule has 0 saturated heterocycles. The van der Waals surface area contributed by atoms with Crippen molar-refractivity contribution in [1.29, 1.82) is 0 Å². The van der Waals surface area contributed by atoms with Gasteiger partial charge < -0.3 is 9.47 Å². The molecule has 0 saturated carbocycles. The molecule has 0 aromatic heterocycles. The summed E-state index contributed by atoms with van der Waals surface area (Å²) in [5.74, 6) is 0.528. The molecule has 0 amide bonds. The molecule has 0 N–H and O–H groups in total. The maximum absolute atomic E-state index is 11.5. The van der Waals surface area contributed by atoms with Crippen LogP contribution in [0.15, 0.2) is 54.6 Å². The Labute approximate surface area is 143 Å². The van der Waals surface area contributed by atoms with Gasteiger partial charge in [0.1, 0.15) is 12.4 Å². The van der Waals surface area contributed by atoms with E-state index in [1.54, 1.807) is 6.92 Å². The van der Waals surface area contributed by atoms with E-state index in [-0.39, 0.29) is 5.97 Å². The number of carbonyl (C=O) groups excluding carboxylic acids is 1. The normalized spacial score (nSPS) is 10.8. The Bertz CT molecular complexity index is 675.